The van der Waals surface area contributed by atoms with Crippen molar-refractivity contribution in [1.29, 1.82) is 0 Å². The van der Waals surface area contributed by atoms with E-state index in [4.69, 9.17) is 9.15 Å². The van der Waals surface area contributed by atoms with Gasteiger partial charge in [0.2, 0.25) is 11.8 Å². The Bertz CT molecular complexity index is 568. The molecule has 21 heavy (non-hydrogen) atoms. The Morgan fingerprint density at radius 2 is 2.33 bits per heavy atom. The van der Waals surface area contributed by atoms with Crippen molar-refractivity contribution in [1.82, 2.24) is 9.88 Å². The number of carbonyl (C=O) groups is 1. The van der Waals surface area contributed by atoms with E-state index in [0.29, 0.717) is 24.8 Å². The number of nitrogens with zero attached hydrogens (tertiary/aromatic N) is 2. The Morgan fingerprint density at radius 3 is 2.95 bits per heavy atom. The van der Waals surface area contributed by atoms with Gasteiger partial charge in [-0.3, -0.25) is 4.79 Å². The number of methoxy groups -OCH3 is 1. The number of hydrogen-bond donors (Lipinski definition) is 0. The molecule has 0 saturated carbocycles. The molecule has 114 valence electrons. The second-order valence-electron chi connectivity index (χ2n) is 5.35. The van der Waals surface area contributed by atoms with Gasteiger partial charge < -0.3 is 14.1 Å². The molecule has 0 aromatic carbocycles. The molecular formula is C16H22N2O3. The number of carbonyl (C=O) groups excluding carboxylic acids is 1. The van der Waals surface area contributed by atoms with Crippen LogP contribution in [0.5, 0.6) is 5.95 Å². The van der Waals surface area contributed by atoms with Crippen molar-refractivity contribution in [2.45, 2.75) is 52.0 Å². The molecule has 0 aliphatic carbocycles. The molecule has 0 bridgehead atoms. The third-order valence-electron chi connectivity index (χ3n) is 3.82. The molecule has 2 rings (SSSR count). The van der Waals surface area contributed by atoms with E-state index in [-0.39, 0.29) is 17.9 Å². The summed E-state index contributed by atoms with van der Waals surface area (Å²) in [5.41, 5.74) is 0.756. The number of ether oxygens (including phenoxy) is 1. The average Bonchev–Trinajstić information content (AvgIpc) is 3.00. The monoisotopic (exact) mass is 290 g/mol. The van der Waals surface area contributed by atoms with Gasteiger partial charge in [-0.15, -0.1) is 5.92 Å². The van der Waals surface area contributed by atoms with Crippen molar-refractivity contribution in [3.63, 3.8) is 0 Å². The number of hydrogen-bond acceptors (Lipinski definition) is 4. The molecule has 0 N–H and O–H groups in total. The zero-order chi connectivity index (χ0) is 15.4. The normalized spacial score (nSPS) is 19.3. The highest BCUT2D eigenvalue weighted by atomic mass is 16.6. The fraction of sp³-hybridized carbons (Fsp3) is 0.625. The van der Waals surface area contributed by atoms with Gasteiger partial charge in [0.1, 0.15) is 5.69 Å². The SMILES string of the molecule is CC#C[C@@H]1CCC(=O)N1CCC(C)c1nc(C)c(OC)o1. The summed E-state index contributed by atoms with van der Waals surface area (Å²) in [6, 6.07) is 0.0653. The van der Waals surface area contributed by atoms with Crippen LogP contribution in [0.4, 0.5) is 0 Å². The summed E-state index contributed by atoms with van der Waals surface area (Å²) in [6.07, 6.45) is 2.23. The second kappa shape index (κ2) is 6.66. The Kier molecular flexibility index (Phi) is 4.89. The maximum atomic E-state index is 11.9. The molecule has 5 heteroatoms. The van der Waals surface area contributed by atoms with Crippen LogP contribution in [0.25, 0.3) is 0 Å². The number of oxazole rings is 1. The zero-order valence-corrected chi connectivity index (χ0v) is 13.1. The molecule has 2 heterocycles. The summed E-state index contributed by atoms with van der Waals surface area (Å²) in [7, 11) is 1.57. The molecule has 5 nitrogen and oxygen atoms in total. The van der Waals surface area contributed by atoms with Gasteiger partial charge >= 0.3 is 5.95 Å². The van der Waals surface area contributed by atoms with Gasteiger partial charge in [-0.1, -0.05) is 12.8 Å². The van der Waals surface area contributed by atoms with E-state index >= 15 is 0 Å². The first-order chi connectivity index (χ1) is 10.1. The lowest BCUT2D eigenvalue weighted by Gasteiger charge is -2.22. The molecule has 1 aromatic heterocycles. The van der Waals surface area contributed by atoms with Crippen LogP contribution in [0.15, 0.2) is 4.42 Å². The van der Waals surface area contributed by atoms with Crippen molar-refractivity contribution in [2.75, 3.05) is 13.7 Å². The van der Waals surface area contributed by atoms with Crippen LogP contribution < -0.4 is 4.74 Å². The van der Waals surface area contributed by atoms with Gasteiger partial charge in [0.25, 0.3) is 0 Å². The van der Waals surface area contributed by atoms with Crippen molar-refractivity contribution < 1.29 is 13.9 Å². The number of aromatic nitrogens is 1. The van der Waals surface area contributed by atoms with E-state index in [1.54, 1.807) is 7.11 Å². The summed E-state index contributed by atoms with van der Waals surface area (Å²) in [5, 5.41) is 0. The third-order valence-corrected chi connectivity index (χ3v) is 3.82. The Balaban J connectivity index is 1.97. The fourth-order valence-electron chi connectivity index (χ4n) is 2.59. The molecule has 1 saturated heterocycles. The predicted octanol–water partition coefficient (Wildman–Crippen LogP) is 2.50. The van der Waals surface area contributed by atoms with Gasteiger partial charge in [-0.25, -0.2) is 4.98 Å². The smallest absolute Gasteiger partial charge is 0.307 e. The summed E-state index contributed by atoms with van der Waals surface area (Å²) < 4.78 is 10.7. The van der Waals surface area contributed by atoms with Crippen LogP contribution in [-0.2, 0) is 4.79 Å². The van der Waals surface area contributed by atoms with Crippen molar-refractivity contribution in [2.24, 2.45) is 0 Å². The topological polar surface area (TPSA) is 55.6 Å². The Morgan fingerprint density at radius 1 is 1.57 bits per heavy atom. The van der Waals surface area contributed by atoms with E-state index in [2.05, 4.69) is 16.8 Å². The lowest BCUT2D eigenvalue weighted by molar-refractivity contribution is -0.128. The lowest BCUT2D eigenvalue weighted by atomic mass is 10.1. The second-order valence-corrected chi connectivity index (χ2v) is 5.35. The molecule has 1 fully saturated rings. The third kappa shape index (κ3) is 3.38. The van der Waals surface area contributed by atoms with Crippen LogP contribution in [-0.4, -0.2) is 35.5 Å². The van der Waals surface area contributed by atoms with E-state index in [0.717, 1.165) is 18.5 Å². The molecule has 1 unspecified atom stereocenters. The minimum Gasteiger partial charge on any atom is -0.467 e. The van der Waals surface area contributed by atoms with Gasteiger partial charge in [-0.2, -0.15) is 0 Å². The number of likely N-dealkylation sites (tertiary alicyclic amines) is 1. The van der Waals surface area contributed by atoms with Crippen LogP contribution in [0, 0.1) is 18.8 Å². The Labute approximate surface area is 125 Å². The first kappa shape index (κ1) is 15.4. The maximum absolute atomic E-state index is 11.9. The number of amides is 1. The molecule has 1 amide bonds. The van der Waals surface area contributed by atoms with Crippen molar-refractivity contribution in [3.05, 3.63) is 11.6 Å². The molecule has 1 aliphatic rings. The van der Waals surface area contributed by atoms with Crippen LogP contribution >= 0.6 is 0 Å². The first-order valence-electron chi connectivity index (χ1n) is 7.29. The number of rotatable bonds is 5. The molecule has 2 atom stereocenters. The quantitative estimate of drug-likeness (QED) is 0.782. The molecule has 0 radical (unpaired) electrons. The van der Waals surface area contributed by atoms with Gasteiger partial charge in [0.15, 0.2) is 0 Å². The highest BCUT2D eigenvalue weighted by Gasteiger charge is 2.30. The van der Waals surface area contributed by atoms with Crippen molar-refractivity contribution >= 4 is 5.91 Å². The number of aryl methyl sites for hydroxylation is 1. The highest BCUT2D eigenvalue weighted by Crippen LogP contribution is 2.27. The van der Waals surface area contributed by atoms with Gasteiger partial charge in [-0.05, 0) is 26.7 Å². The van der Waals surface area contributed by atoms with Gasteiger partial charge in [0, 0.05) is 18.9 Å². The van der Waals surface area contributed by atoms with Crippen molar-refractivity contribution in [3.8, 4) is 17.8 Å². The molecule has 0 spiro atoms. The largest absolute Gasteiger partial charge is 0.467 e. The minimum atomic E-state index is 0.0653. The van der Waals surface area contributed by atoms with Crippen LogP contribution in [0.2, 0.25) is 0 Å². The summed E-state index contributed by atoms with van der Waals surface area (Å²) in [5.74, 6) is 7.46. The summed E-state index contributed by atoms with van der Waals surface area (Å²) in [6.45, 7) is 6.40. The lowest BCUT2D eigenvalue weighted by Crippen LogP contribution is -2.33. The average molecular weight is 290 g/mol. The van der Waals surface area contributed by atoms with E-state index in [1.165, 1.54) is 0 Å². The molecular weight excluding hydrogens is 268 g/mol. The molecule has 1 aliphatic heterocycles. The van der Waals surface area contributed by atoms with E-state index in [9.17, 15) is 4.79 Å². The Hall–Kier alpha value is -1.96. The highest BCUT2D eigenvalue weighted by molar-refractivity contribution is 5.79. The van der Waals surface area contributed by atoms with Crippen LogP contribution in [0.3, 0.4) is 0 Å². The standard InChI is InChI=1S/C16H22N2O3/c1-5-6-13-7-8-14(19)18(13)10-9-11(2)15-17-12(3)16(20-4)21-15/h11,13H,7-10H2,1-4H3/t11?,13-/m1/s1. The fourth-order valence-corrected chi connectivity index (χ4v) is 2.59. The van der Waals surface area contributed by atoms with E-state index in [1.807, 2.05) is 25.7 Å². The predicted molar refractivity (Wildman–Crippen MR) is 79.0 cm³/mol. The summed E-state index contributed by atoms with van der Waals surface area (Å²) in [4.78, 5) is 18.2. The summed E-state index contributed by atoms with van der Waals surface area (Å²) >= 11 is 0. The minimum absolute atomic E-state index is 0.0653. The first-order valence-corrected chi connectivity index (χ1v) is 7.29. The van der Waals surface area contributed by atoms with Crippen LogP contribution in [0.1, 0.15) is 50.6 Å². The maximum Gasteiger partial charge on any atom is 0.307 e. The molecule has 1 aromatic rings. The van der Waals surface area contributed by atoms with E-state index < -0.39 is 0 Å². The van der Waals surface area contributed by atoms with Gasteiger partial charge in [0.05, 0.1) is 13.2 Å². The zero-order valence-electron chi connectivity index (χ0n) is 13.1.